The second-order valence-corrected chi connectivity index (χ2v) is 6.04. The third-order valence-electron chi connectivity index (χ3n) is 4.05. The van der Waals surface area contributed by atoms with E-state index in [0.717, 1.165) is 12.1 Å². The minimum absolute atomic E-state index is 0.0405. The largest absolute Gasteiger partial charge is 0.393 e. The standard InChI is InChI=1S/C16H13ClF3NO2/c17-10-5-9(12(19)6-13(10)20)15-11(18)3-4-14(21-15)16(23,7-22)8-1-2-8/h3-6,8,22-23H,1-2,7H2/t16-/m1/s1. The van der Waals surface area contributed by atoms with Gasteiger partial charge in [0.2, 0.25) is 0 Å². The molecule has 0 saturated heterocycles. The zero-order valence-corrected chi connectivity index (χ0v) is 12.6. The summed E-state index contributed by atoms with van der Waals surface area (Å²) >= 11 is 5.62. The van der Waals surface area contributed by atoms with Gasteiger partial charge in [-0.1, -0.05) is 11.6 Å². The van der Waals surface area contributed by atoms with Gasteiger partial charge in [0.05, 0.1) is 17.3 Å². The highest BCUT2D eigenvalue weighted by atomic mass is 35.5. The maximum absolute atomic E-state index is 14.1. The van der Waals surface area contributed by atoms with Crippen LogP contribution in [0.5, 0.6) is 0 Å². The number of rotatable bonds is 4. The number of hydrogen-bond donors (Lipinski definition) is 2. The highest BCUT2D eigenvalue weighted by Crippen LogP contribution is 2.45. The van der Waals surface area contributed by atoms with E-state index >= 15 is 0 Å². The summed E-state index contributed by atoms with van der Waals surface area (Å²) in [5.41, 5.74) is -2.28. The maximum Gasteiger partial charge on any atom is 0.149 e. The van der Waals surface area contributed by atoms with Crippen LogP contribution in [0.4, 0.5) is 13.2 Å². The van der Waals surface area contributed by atoms with Gasteiger partial charge in [-0.25, -0.2) is 18.2 Å². The van der Waals surface area contributed by atoms with Crippen LogP contribution in [0.25, 0.3) is 11.3 Å². The molecule has 0 aliphatic heterocycles. The van der Waals surface area contributed by atoms with Crippen LogP contribution in [0.1, 0.15) is 18.5 Å². The zero-order valence-electron chi connectivity index (χ0n) is 11.9. The zero-order chi connectivity index (χ0) is 16.8. The Morgan fingerprint density at radius 1 is 1.13 bits per heavy atom. The average molecular weight is 344 g/mol. The Balaban J connectivity index is 2.14. The van der Waals surface area contributed by atoms with Crippen molar-refractivity contribution >= 4 is 11.6 Å². The molecule has 122 valence electrons. The van der Waals surface area contributed by atoms with Gasteiger partial charge in [-0.3, -0.25) is 0 Å². The molecule has 2 N–H and O–H groups in total. The molecule has 1 aromatic carbocycles. The van der Waals surface area contributed by atoms with E-state index in [1.165, 1.54) is 6.07 Å². The van der Waals surface area contributed by atoms with Crippen LogP contribution in [0, 0.1) is 23.4 Å². The highest BCUT2D eigenvalue weighted by Gasteiger charge is 2.46. The average Bonchev–Trinajstić information content (AvgIpc) is 3.36. The summed E-state index contributed by atoms with van der Waals surface area (Å²) in [4.78, 5) is 3.97. The van der Waals surface area contributed by atoms with Gasteiger partial charge in [0, 0.05) is 11.6 Å². The van der Waals surface area contributed by atoms with Crippen molar-refractivity contribution in [3.05, 3.63) is 52.4 Å². The lowest BCUT2D eigenvalue weighted by Crippen LogP contribution is -2.34. The summed E-state index contributed by atoms with van der Waals surface area (Å²) in [5.74, 6) is -3.00. The van der Waals surface area contributed by atoms with Crippen molar-refractivity contribution in [2.75, 3.05) is 6.61 Å². The van der Waals surface area contributed by atoms with E-state index in [-0.39, 0.29) is 22.2 Å². The second kappa shape index (κ2) is 5.78. The number of aliphatic hydroxyl groups is 2. The molecule has 2 aromatic rings. The fourth-order valence-electron chi connectivity index (χ4n) is 2.56. The van der Waals surface area contributed by atoms with E-state index in [2.05, 4.69) is 4.98 Å². The lowest BCUT2D eigenvalue weighted by atomic mass is 9.93. The van der Waals surface area contributed by atoms with E-state index in [9.17, 15) is 23.4 Å². The first-order chi connectivity index (χ1) is 10.9. The van der Waals surface area contributed by atoms with Crippen LogP contribution in [0.3, 0.4) is 0 Å². The molecule has 1 saturated carbocycles. The van der Waals surface area contributed by atoms with Crippen LogP contribution in [0.15, 0.2) is 24.3 Å². The summed E-state index contributed by atoms with van der Waals surface area (Å²) < 4.78 is 41.3. The van der Waals surface area contributed by atoms with Crippen molar-refractivity contribution in [1.29, 1.82) is 0 Å². The minimum Gasteiger partial charge on any atom is -0.393 e. The molecule has 7 heteroatoms. The SMILES string of the molecule is OC[C@](O)(c1ccc(F)c(-c2cc(Cl)c(F)cc2F)n1)C1CC1. The molecular weight excluding hydrogens is 331 g/mol. The lowest BCUT2D eigenvalue weighted by Gasteiger charge is -2.25. The number of benzene rings is 1. The molecule has 1 aliphatic rings. The van der Waals surface area contributed by atoms with Gasteiger partial charge in [-0.05, 0) is 37.0 Å². The molecular formula is C16H13ClF3NO2. The Morgan fingerprint density at radius 2 is 1.83 bits per heavy atom. The van der Waals surface area contributed by atoms with Gasteiger partial charge in [0.1, 0.15) is 28.7 Å². The number of aromatic nitrogens is 1. The first-order valence-electron chi connectivity index (χ1n) is 7.02. The van der Waals surface area contributed by atoms with E-state index in [4.69, 9.17) is 11.6 Å². The molecule has 1 aliphatic carbocycles. The highest BCUT2D eigenvalue weighted by molar-refractivity contribution is 6.31. The molecule has 1 aromatic heterocycles. The summed E-state index contributed by atoms with van der Waals surface area (Å²) in [6.45, 7) is -0.581. The summed E-state index contributed by atoms with van der Waals surface area (Å²) in [7, 11) is 0. The maximum atomic E-state index is 14.1. The molecule has 0 bridgehead atoms. The summed E-state index contributed by atoms with van der Waals surface area (Å²) in [6.07, 6.45) is 1.42. The lowest BCUT2D eigenvalue weighted by molar-refractivity contribution is -0.0417. The molecule has 1 heterocycles. The number of halogens is 4. The molecule has 23 heavy (non-hydrogen) atoms. The number of aliphatic hydroxyl groups excluding tert-OH is 1. The summed E-state index contributed by atoms with van der Waals surface area (Å²) in [6, 6.07) is 3.76. The molecule has 1 fully saturated rings. The van der Waals surface area contributed by atoms with Crippen LogP contribution in [-0.2, 0) is 5.60 Å². The van der Waals surface area contributed by atoms with Crippen molar-refractivity contribution in [2.45, 2.75) is 18.4 Å². The third kappa shape index (κ3) is 2.82. The van der Waals surface area contributed by atoms with E-state index < -0.39 is 35.4 Å². The van der Waals surface area contributed by atoms with Gasteiger partial charge in [0.15, 0.2) is 0 Å². The summed E-state index contributed by atoms with van der Waals surface area (Å²) in [5, 5.41) is 19.7. The smallest absolute Gasteiger partial charge is 0.149 e. The molecule has 3 rings (SSSR count). The predicted octanol–water partition coefficient (Wildman–Crippen LogP) is 3.41. The van der Waals surface area contributed by atoms with Crippen molar-refractivity contribution < 1.29 is 23.4 Å². The van der Waals surface area contributed by atoms with Gasteiger partial charge in [-0.2, -0.15) is 0 Å². The van der Waals surface area contributed by atoms with Gasteiger partial charge < -0.3 is 10.2 Å². The van der Waals surface area contributed by atoms with Crippen molar-refractivity contribution in [3.8, 4) is 11.3 Å². The quantitative estimate of drug-likeness (QED) is 0.836. The Bertz CT molecular complexity index is 767. The number of hydrogen-bond acceptors (Lipinski definition) is 3. The topological polar surface area (TPSA) is 53.4 Å². The number of nitrogens with zero attached hydrogens (tertiary/aromatic N) is 1. The van der Waals surface area contributed by atoms with Crippen LogP contribution < -0.4 is 0 Å². The van der Waals surface area contributed by atoms with E-state index in [1.54, 1.807) is 0 Å². The fraction of sp³-hybridized carbons (Fsp3) is 0.312. The van der Waals surface area contributed by atoms with Gasteiger partial charge in [-0.15, -0.1) is 0 Å². The molecule has 0 spiro atoms. The van der Waals surface area contributed by atoms with E-state index in [0.29, 0.717) is 18.9 Å². The molecule has 0 radical (unpaired) electrons. The van der Waals surface area contributed by atoms with Crippen LogP contribution in [-0.4, -0.2) is 21.8 Å². The van der Waals surface area contributed by atoms with Gasteiger partial charge >= 0.3 is 0 Å². The first kappa shape index (κ1) is 16.2. The number of pyridine rings is 1. The predicted molar refractivity (Wildman–Crippen MR) is 78.3 cm³/mol. The molecule has 1 atom stereocenters. The second-order valence-electron chi connectivity index (χ2n) is 5.63. The Labute approximate surface area is 135 Å². The first-order valence-corrected chi connectivity index (χ1v) is 7.40. The monoisotopic (exact) mass is 343 g/mol. The van der Waals surface area contributed by atoms with E-state index in [1.807, 2.05) is 0 Å². The van der Waals surface area contributed by atoms with Crippen molar-refractivity contribution in [1.82, 2.24) is 4.98 Å². The van der Waals surface area contributed by atoms with Crippen molar-refractivity contribution in [3.63, 3.8) is 0 Å². The van der Waals surface area contributed by atoms with Gasteiger partial charge in [0.25, 0.3) is 0 Å². The van der Waals surface area contributed by atoms with Crippen LogP contribution in [0.2, 0.25) is 5.02 Å². The minimum atomic E-state index is -1.61. The molecule has 0 amide bonds. The van der Waals surface area contributed by atoms with Crippen LogP contribution >= 0.6 is 11.6 Å². The Morgan fingerprint density at radius 3 is 2.43 bits per heavy atom. The van der Waals surface area contributed by atoms with Crippen molar-refractivity contribution in [2.24, 2.45) is 5.92 Å². The normalized spacial score (nSPS) is 17.1. The molecule has 3 nitrogen and oxygen atoms in total. The third-order valence-corrected chi connectivity index (χ3v) is 4.34. The Kier molecular flexibility index (Phi) is 4.08. The Hall–Kier alpha value is -1.63. The molecule has 0 unspecified atom stereocenters. The fourth-order valence-corrected chi connectivity index (χ4v) is 2.72.